The number of nitrogens with one attached hydrogen (secondary N) is 1. The minimum Gasteiger partial charge on any atom is -0.508 e. The summed E-state index contributed by atoms with van der Waals surface area (Å²) in [6.07, 6.45) is 1.86. The van der Waals surface area contributed by atoms with Crippen LogP contribution in [0.5, 0.6) is 5.75 Å². The number of carbonyl (C=O) groups excluding carboxylic acids is 1. The van der Waals surface area contributed by atoms with E-state index in [1.54, 1.807) is 12.1 Å². The Bertz CT molecular complexity index is 425. The van der Waals surface area contributed by atoms with Crippen molar-refractivity contribution < 1.29 is 14.6 Å². The molecule has 0 atom stereocenters. The smallest absolute Gasteiger partial charge is 0.240 e. The van der Waals surface area contributed by atoms with E-state index in [1.807, 2.05) is 12.1 Å². The minimum atomic E-state index is -0.785. The van der Waals surface area contributed by atoms with Crippen LogP contribution >= 0.6 is 0 Å². The van der Waals surface area contributed by atoms with E-state index in [-0.39, 0.29) is 11.7 Å². The first kappa shape index (κ1) is 13.8. The number of rotatable bonds is 4. The van der Waals surface area contributed by atoms with Gasteiger partial charge in [0.2, 0.25) is 5.91 Å². The molecule has 1 aliphatic rings. The molecule has 5 nitrogen and oxygen atoms in total. The van der Waals surface area contributed by atoms with Crippen LogP contribution in [0.2, 0.25) is 0 Å². The quantitative estimate of drug-likeness (QED) is 0.742. The monoisotopic (exact) mass is 264 g/mol. The van der Waals surface area contributed by atoms with Crippen molar-refractivity contribution in [1.29, 1.82) is 0 Å². The van der Waals surface area contributed by atoms with Crippen LogP contribution in [0, 0.1) is 0 Å². The van der Waals surface area contributed by atoms with Gasteiger partial charge in [0.05, 0.1) is 5.54 Å². The topological polar surface area (TPSA) is 84.6 Å². The summed E-state index contributed by atoms with van der Waals surface area (Å²) in [4.78, 5) is 12.0. The zero-order valence-electron chi connectivity index (χ0n) is 10.9. The molecule has 1 saturated heterocycles. The summed E-state index contributed by atoms with van der Waals surface area (Å²) in [5.74, 6) is 0.144. The number of nitrogens with two attached hydrogens (primary N) is 1. The highest BCUT2D eigenvalue weighted by molar-refractivity contribution is 5.86. The molecule has 104 valence electrons. The third-order valence-electron chi connectivity index (χ3n) is 3.47. The van der Waals surface area contributed by atoms with E-state index in [0.29, 0.717) is 32.6 Å². The van der Waals surface area contributed by atoms with Crippen LogP contribution in [0.15, 0.2) is 24.3 Å². The molecule has 0 saturated carbocycles. The molecule has 1 heterocycles. The zero-order valence-corrected chi connectivity index (χ0v) is 10.9. The van der Waals surface area contributed by atoms with E-state index in [1.165, 1.54) is 0 Å². The Morgan fingerprint density at radius 3 is 2.58 bits per heavy atom. The van der Waals surface area contributed by atoms with E-state index in [0.717, 1.165) is 12.0 Å². The third kappa shape index (κ3) is 3.68. The van der Waals surface area contributed by atoms with Crippen molar-refractivity contribution in [2.24, 2.45) is 5.73 Å². The van der Waals surface area contributed by atoms with E-state index < -0.39 is 5.54 Å². The summed E-state index contributed by atoms with van der Waals surface area (Å²) < 4.78 is 5.22. The van der Waals surface area contributed by atoms with Gasteiger partial charge in [0.15, 0.2) is 0 Å². The molecule has 1 aromatic rings. The first-order valence-electron chi connectivity index (χ1n) is 6.53. The molecule has 1 aliphatic heterocycles. The number of ether oxygens (including phenoxy) is 1. The number of hydrogen-bond acceptors (Lipinski definition) is 4. The first-order chi connectivity index (χ1) is 9.10. The van der Waals surface area contributed by atoms with Crippen LogP contribution in [0.1, 0.15) is 18.4 Å². The fourth-order valence-electron chi connectivity index (χ4n) is 2.12. The maximum atomic E-state index is 12.0. The summed E-state index contributed by atoms with van der Waals surface area (Å²) in [5, 5.41) is 12.1. The molecule has 0 aliphatic carbocycles. The van der Waals surface area contributed by atoms with E-state index in [9.17, 15) is 9.90 Å². The van der Waals surface area contributed by atoms with Gasteiger partial charge in [0, 0.05) is 19.8 Å². The van der Waals surface area contributed by atoms with E-state index >= 15 is 0 Å². The maximum absolute atomic E-state index is 12.0. The van der Waals surface area contributed by atoms with Crippen LogP contribution in [0.3, 0.4) is 0 Å². The number of carbonyl (C=O) groups is 1. The Labute approximate surface area is 112 Å². The predicted octanol–water partition coefficient (Wildman–Crippen LogP) is 0.559. The third-order valence-corrected chi connectivity index (χ3v) is 3.47. The van der Waals surface area contributed by atoms with Gasteiger partial charge in [-0.15, -0.1) is 0 Å². The van der Waals surface area contributed by atoms with Gasteiger partial charge in [-0.05, 0) is 37.0 Å². The van der Waals surface area contributed by atoms with Gasteiger partial charge >= 0.3 is 0 Å². The average molecular weight is 264 g/mol. The Morgan fingerprint density at radius 1 is 1.32 bits per heavy atom. The molecule has 1 fully saturated rings. The minimum absolute atomic E-state index is 0.102. The molecule has 0 aromatic heterocycles. The van der Waals surface area contributed by atoms with Crippen molar-refractivity contribution in [2.75, 3.05) is 19.8 Å². The summed E-state index contributed by atoms with van der Waals surface area (Å²) in [6, 6.07) is 6.96. The van der Waals surface area contributed by atoms with Crippen molar-refractivity contribution in [3.05, 3.63) is 29.8 Å². The zero-order chi connectivity index (χ0) is 13.7. The SMILES string of the molecule is NC1(C(=O)NCCc2ccc(O)cc2)CCOCC1. The second kappa shape index (κ2) is 6.04. The van der Waals surface area contributed by atoms with Crippen molar-refractivity contribution in [2.45, 2.75) is 24.8 Å². The first-order valence-corrected chi connectivity index (χ1v) is 6.53. The van der Waals surface area contributed by atoms with Gasteiger partial charge in [0.25, 0.3) is 0 Å². The largest absolute Gasteiger partial charge is 0.508 e. The molecule has 0 bridgehead atoms. The van der Waals surface area contributed by atoms with Crippen LogP contribution < -0.4 is 11.1 Å². The molecule has 1 aromatic carbocycles. The molecular formula is C14H20N2O3. The summed E-state index contributed by atoms with van der Waals surface area (Å²) >= 11 is 0. The second-order valence-corrected chi connectivity index (χ2v) is 4.94. The molecule has 2 rings (SSSR count). The van der Waals surface area contributed by atoms with Crippen LogP contribution in [0.25, 0.3) is 0 Å². The molecule has 1 amide bonds. The van der Waals surface area contributed by atoms with Gasteiger partial charge in [-0.3, -0.25) is 4.79 Å². The molecule has 0 unspecified atom stereocenters. The highest BCUT2D eigenvalue weighted by Crippen LogP contribution is 2.17. The van der Waals surface area contributed by atoms with Crippen molar-refractivity contribution >= 4 is 5.91 Å². The van der Waals surface area contributed by atoms with Crippen LogP contribution in [-0.4, -0.2) is 36.3 Å². The Morgan fingerprint density at radius 2 is 1.95 bits per heavy atom. The Balaban J connectivity index is 1.78. The molecule has 0 radical (unpaired) electrons. The van der Waals surface area contributed by atoms with Gasteiger partial charge in [0.1, 0.15) is 5.75 Å². The lowest BCUT2D eigenvalue weighted by Gasteiger charge is -2.31. The van der Waals surface area contributed by atoms with Gasteiger partial charge in [-0.25, -0.2) is 0 Å². The van der Waals surface area contributed by atoms with Crippen LogP contribution in [0.4, 0.5) is 0 Å². The van der Waals surface area contributed by atoms with Gasteiger partial charge in [-0.1, -0.05) is 12.1 Å². The fraction of sp³-hybridized carbons (Fsp3) is 0.500. The van der Waals surface area contributed by atoms with E-state index in [4.69, 9.17) is 10.5 Å². The standard InChI is InChI=1S/C14H20N2O3/c15-14(6-9-19-10-7-14)13(18)16-8-5-11-1-3-12(17)4-2-11/h1-4,17H,5-10,15H2,(H,16,18). The number of phenols is 1. The lowest BCUT2D eigenvalue weighted by molar-refractivity contribution is -0.129. The molecule has 19 heavy (non-hydrogen) atoms. The molecular weight excluding hydrogens is 244 g/mol. The normalized spacial score (nSPS) is 17.9. The van der Waals surface area contributed by atoms with E-state index in [2.05, 4.69) is 5.32 Å². The van der Waals surface area contributed by atoms with Gasteiger partial charge in [-0.2, -0.15) is 0 Å². The highest BCUT2D eigenvalue weighted by Gasteiger charge is 2.35. The highest BCUT2D eigenvalue weighted by atomic mass is 16.5. The number of benzene rings is 1. The lowest BCUT2D eigenvalue weighted by Crippen LogP contribution is -2.57. The number of amides is 1. The van der Waals surface area contributed by atoms with Crippen molar-refractivity contribution in [1.82, 2.24) is 5.32 Å². The number of aromatic hydroxyl groups is 1. The predicted molar refractivity (Wildman–Crippen MR) is 71.8 cm³/mol. The maximum Gasteiger partial charge on any atom is 0.240 e. The summed E-state index contributed by atoms with van der Waals surface area (Å²) in [7, 11) is 0. The number of phenolic OH excluding ortho intramolecular Hbond substituents is 1. The summed E-state index contributed by atoms with van der Waals surface area (Å²) in [5.41, 5.74) is 6.36. The van der Waals surface area contributed by atoms with Crippen LogP contribution in [-0.2, 0) is 16.0 Å². The van der Waals surface area contributed by atoms with Crippen molar-refractivity contribution in [3.63, 3.8) is 0 Å². The lowest BCUT2D eigenvalue weighted by atomic mass is 9.90. The van der Waals surface area contributed by atoms with Gasteiger partial charge < -0.3 is 20.9 Å². The fourth-order valence-corrected chi connectivity index (χ4v) is 2.12. The Kier molecular flexibility index (Phi) is 4.39. The molecule has 5 heteroatoms. The molecule has 4 N–H and O–H groups in total. The second-order valence-electron chi connectivity index (χ2n) is 4.94. The van der Waals surface area contributed by atoms with Crippen molar-refractivity contribution in [3.8, 4) is 5.75 Å². The summed E-state index contributed by atoms with van der Waals surface area (Å²) in [6.45, 7) is 1.63. The average Bonchev–Trinajstić information content (AvgIpc) is 2.42. The molecule has 0 spiro atoms. The number of hydrogen-bond donors (Lipinski definition) is 3. The Hall–Kier alpha value is -1.59.